The fraction of sp³-hybridized carbons (Fsp3) is 0.333. The van der Waals surface area contributed by atoms with Gasteiger partial charge in [0.1, 0.15) is 0 Å². The average molecular weight is 236 g/mol. The highest BCUT2D eigenvalue weighted by molar-refractivity contribution is 14.1. The van der Waals surface area contributed by atoms with Crippen LogP contribution in [0.2, 0.25) is 0 Å². The summed E-state index contributed by atoms with van der Waals surface area (Å²) in [5.74, 6) is 0. The smallest absolute Gasteiger partial charge is 0.0476 e. The zero-order valence-corrected chi connectivity index (χ0v) is 7.64. The number of halogens is 1. The van der Waals surface area contributed by atoms with E-state index in [4.69, 9.17) is 5.41 Å². The van der Waals surface area contributed by atoms with Crippen molar-refractivity contribution in [2.45, 2.75) is 13.8 Å². The minimum absolute atomic E-state index is 0.479. The molecule has 0 aliphatic heterocycles. The number of hydrogen-bond donors (Lipinski definition) is 1. The molecule has 0 heterocycles. The highest BCUT2D eigenvalue weighted by Crippen LogP contribution is 1.97. The molecule has 0 fully saturated rings. The predicted octanol–water partition coefficient (Wildman–Crippen LogP) is 2.39. The minimum Gasteiger partial charge on any atom is -0.304 e. The lowest BCUT2D eigenvalue weighted by Gasteiger charge is -1.85. The number of allylic oxidation sites excluding steroid dienone is 1. The highest BCUT2D eigenvalue weighted by Gasteiger charge is 1.78. The Labute approximate surface area is 68.7 Å². The van der Waals surface area contributed by atoms with E-state index in [1.807, 2.05) is 11.0 Å². The second-order valence-electron chi connectivity index (χ2n) is 1.69. The normalized spacial score (nSPS) is 12.6. The number of nitrogens with one attached hydrogen (secondary N) is 1. The predicted molar refractivity (Wildman–Crippen MR) is 49.7 cm³/mol. The number of nitrogens with zero attached hydrogens (tertiary/aromatic N) is 1. The van der Waals surface area contributed by atoms with Gasteiger partial charge in [-0.3, -0.25) is 4.99 Å². The fourth-order valence-electron chi connectivity index (χ4n) is 0.227. The standard InChI is InChI=1S/C6H9IN2/c1-5(8)4-9-6(2)3-7/h3-4,8H,1-2H3/b6-3-,8-5?,9-4-. The summed E-state index contributed by atoms with van der Waals surface area (Å²) >= 11 is 2.11. The zero-order chi connectivity index (χ0) is 7.28. The topological polar surface area (TPSA) is 36.2 Å². The van der Waals surface area contributed by atoms with Crippen molar-refractivity contribution in [1.29, 1.82) is 5.41 Å². The maximum Gasteiger partial charge on any atom is 0.0476 e. The van der Waals surface area contributed by atoms with E-state index >= 15 is 0 Å². The average Bonchev–Trinajstić information content (AvgIpc) is 1.83. The van der Waals surface area contributed by atoms with Crippen LogP contribution in [0.15, 0.2) is 14.8 Å². The van der Waals surface area contributed by atoms with Gasteiger partial charge in [-0.1, -0.05) is 22.6 Å². The summed E-state index contributed by atoms with van der Waals surface area (Å²) in [5.41, 5.74) is 1.41. The van der Waals surface area contributed by atoms with Gasteiger partial charge >= 0.3 is 0 Å². The van der Waals surface area contributed by atoms with Crippen LogP contribution in [0.1, 0.15) is 13.8 Å². The molecule has 9 heavy (non-hydrogen) atoms. The Morgan fingerprint density at radius 3 is 2.44 bits per heavy atom. The molecule has 50 valence electrons. The fourth-order valence-corrected chi connectivity index (χ4v) is 0.388. The second kappa shape index (κ2) is 4.67. The van der Waals surface area contributed by atoms with Crippen LogP contribution in [-0.2, 0) is 0 Å². The van der Waals surface area contributed by atoms with Crippen LogP contribution < -0.4 is 0 Å². The summed E-state index contributed by atoms with van der Waals surface area (Å²) in [6, 6.07) is 0. The van der Waals surface area contributed by atoms with Crippen LogP contribution in [0.25, 0.3) is 0 Å². The van der Waals surface area contributed by atoms with Gasteiger partial charge in [0.05, 0.1) is 0 Å². The van der Waals surface area contributed by atoms with Crippen molar-refractivity contribution < 1.29 is 0 Å². The van der Waals surface area contributed by atoms with Gasteiger partial charge in [0.15, 0.2) is 0 Å². The van der Waals surface area contributed by atoms with Gasteiger partial charge in [-0.2, -0.15) is 0 Å². The molecule has 0 amide bonds. The first kappa shape index (κ1) is 8.81. The number of aliphatic imine (C=N–C) groups is 1. The molecule has 1 N–H and O–H groups in total. The van der Waals surface area contributed by atoms with Crippen LogP contribution in [0.4, 0.5) is 0 Å². The lowest BCUT2D eigenvalue weighted by Crippen LogP contribution is -1.87. The van der Waals surface area contributed by atoms with Gasteiger partial charge in [0.25, 0.3) is 0 Å². The summed E-state index contributed by atoms with van der Waals surface area (Å²) in [5, 5.41) is 6.98. The number of rotatable bonds is 2. The van der Waals surface area contributed by atoms with E-state index in [9.17, 15) is 0 Å². The minimum atomic E-state index is 0.479. The van der Waals surface area contributed by atoms with Crippen molar-refractivity contribution >= 4 is 34.5 Å². The lowest BCUT2D eigenvalue weighted by atomic mass is 10.5. The Hall–Kier alpha value is -0.190. The number of hydrogen-bond acceptors (Lipinski definition) is 2. The molecule has 0 radical (unpaired) electrons. The van der Waals surface area contributed by atoms with Gasteiger partial charge in [0, 0.05) is 17.6 Å². The third-order valence-corrected chi connectivity index (χ3v) is 1.52. The molecule has 2 nitrogen and oxygen atoms in total. The second-order valence-corrected chi connectivity index (χ2v) is 2.31. The Morgan fingerprint density at radius 2 is 2.11 bits per heavy atom. The molecular weight excluding hydrogens is 227 g/mol. The molecule has 0 aliphatic carbocycles. The molecule has 0 aromatic heterocycles. The molecule has 0 saturated carbocycles. The van der Waals surface area contributed by atoms with E-state index < -0.39 is 0 Å². The van der Waals surface area contributed by atoms with E-state index in [0.29, 0.717) is 5.71 Å². The summed E-state index contributed by atoms with van der Waals surface area (Å²) in [4.78, 5) is 3.95. The summed E-state index contributed by atoms with van der Waals surface area (Å²) in [6.07, 6.45) is 1.53. The van der Waals surface area contributed by atoms with Crippen molar-refractivity contribution in [1.82, 2.24) is 0 Å². The molecule has 0 saturated heterocycles. The Morgan fingerprint density at radius 1 is 1.56 bits per heavy atom. The first-order valence-corrected chi connectivity index (χ1v) is 3.77. The van der Waals surface area contributed by atoms with E-state index in [1.54, 1.807) is 6.92 Å². The molecule has 0 aliphatic rings. The molecule has 3 heteroatoms. The van der Waals surface area contributed by atoms with E-state index in [0.717, 1.165) is 5.70 Å². The molecule has 0 bridgehead atoms. The molecular formula is C6H9IN2. The van der Waals surface area contributed by atoms with Gasteiger partial charge in [-0.25, -0.2) is 0 Å². The van der Waals surface area contributed by atoms with Crippen LogP contribution in [0, 0.1) is 5.41 Å². The molecule has 0 spiro atoms. The van der Waals surface area contributed by atoms with Gasteiger partial charge < -0.3 is 5.41 Å². The molecule has 0 atom stereocenters. The first-order chi connectivity index (χ1) is 4.16. The molecule has 0 aromatic rings. The summed E-state index contributed by atoms with van der Waals surface area (Å²) in [7, 11) is 0. The first-order valence-electron chi connectivity index (χ1n) is 2.53. The van der Waals surface area contributed by atoms with Crippen LogP contribution in [0.3, 0.4) is 0 Å². The van der Waals surface area contributed by atoms with E-state index in [1.165, 1.54) is 6.21 Å². The van der Waals surface area contributed by atoms with E-state index in [2.05, 4.69) is 27.6 Å². The van der Waals surface area contributed by atoms with Crippen molar-refractivity contribution in [2.24, 2.45) is 4.99 Å². The van der Waals surface area contributed by atoms with Crippen molar-refractivity contribution in [2.75, 3.05) is 0 Å². The van der Waals surface area contributed by atoms with Gasteiger partial charge in [-0.15, -0.1) is 0 Å². The molecule has 0 aromatic carbocycles. The largest absolute Gasteiger partial charge is 0.304 e. The van der Waals surface area contributed by atoms with Crippen LogP contribution >= 0.6 is 22.6 Å². The summed E-state index contributed by atoms with van der Waals surface area (Å²) in [6.45, 7) is 3.59. The summed E-state index contributed by atoms with van der Waals surface area (Å²) < 4.78 is 1.87. The zero-order valence-electron chi connectivity index (χ0n) is 5.48. The molecule has 0 unspecified atom stereocenters. The Bertz CT molecular complexity index is 158. The van der Waals surface area contributed by atoms with Gasteiger partial charge in [-0.05, 0) is 17.9 Å². The van der Waals surface area contributed by atoms with Crippen LogP contribution in [0.5, 0.6) is 0 Å². The highest BCUT2D eigenvalue weighted by atomic mass is 127. The maximum atomic E-state index is 6.98. The van der Waals surface area contributed by atoms with E-state index in [-0.39, 0.29) is 0 Å². The van der Waals surface area contributed by atoms with Crippen molar-refractivity contribution in [3.63, 3.8) is 0 Å². The lowest BCUT2D eigenvalue weighted by molar-refractivity contribution is 1.34. The Kier molecular flexibility index (Phi) is 4.57. The van der Waals surface area contributed by atoms with Gasteiger partial charge in [0.2, 0.25) is 0 Å². The molecule has 0 rings (SSSR count). The maximum absolute atomic E-state index is 6.98. The Balaban J connectivity index is 3.86. The SMILES string of the molecule is CC(=N)/C=N\C(C)=C/I. The van der Waals surface area contributed by atoms with Crippen LogP contribution in [-0.4, -0.2) is 11.9 Å². The van der Waals surface area contributed by atoms with Crippen molar-refractivity contribution in [3.05, 3.63) is 9.78 Å². The quantitative estimate of drug-likeness (QED) is 0.564. The third-order valence-electron chi connectivity index (χ3n) is 0.620. The monoisotopic (exact) mass is 236 g/mol. The van der Waals surface area contributed by atoms with Crippen molar-refractivity contribution in [3.8, 4) is 0 Å². The third kappa shape index (κ3) is 5.68.